The fourth-order valence-corrected chi connectivity index (χ4v) is 2.79. The van der Waals surface area contributed by atoms with Gasteiger partial charge < -0.3 is 5.32 Å². The lowest BCUT2D eigenvalue weighted by Crippen LogP contribution is -2.19. The van der Waals surface area contributed by atoms with E-state index in [9.17, 15) is 0 Å². The second-order valence-corrected chi connectivity index (χ2v) is 5.24. The summed E-state index contributed by atoms with van der Waals surface area (Å²) in [5.74, 6) is 0.928. The van der Waals surface area contributed by atoms with Gasteiger partial charge in [-0.2, -0.15) is 5.26 Å². The molecule has 1 saturated carbocycles. The fraction of sp³-hybridized carbons (Fsp3) is 0.562. The Kier molecular flexibility index (Phi) is 5.23. The summed E-state index contributed by atoms with van der Waals surface area (Å²) < 4.78 is 0. The molecule has 1 aliphatic carbocycles. The predicted octanol–water partition coefficient (Wildman–Crippen LogP) is 3.62. The standard InChI is InChI=1S/C16H22N2/c17-12-15-8-4-5-9-16(15)13-18-11-10-14-6-2-1-3-7-14/h4-5,8-9,14,18H,1-3,6-7,10-11,13H2. The van der Waals surface area contributed by atoms with E-state index < -0.39 is 0 Å². The van der Waals surface area contributed by atoms with Crippen molar-refractivity contribution >= 4 is 0 Å². The average Bonchev–Trinajstić information content (AvgIpc) is 2.45. The van der Waals surface area contributed by atoms with Crippen LogP contribution in [0.1, 0.15) is 49.7 Å². The number of benzene rings is 1. The van der Waals surface area contributed by atoms with Crippen molar-refractivity contribution in [2.45, 2.75) is 45.1 Å². The Balaban J connectivity index is 1.70. The van der Waals surface area contributed by atoms with E-state index >= 15 is 0 Å². The zero-order chi connectivity index (χ0) is 12.6. The monoisotopic (exact) mass is 242 g/mol. The van der Waals surface area contributed by atoms with Gasteiger partial charge in [-0.15, -0.1) is 0 Å². The topological polar surface area (TPSA) is 35.8 Å². The van der Waals surface area contributed by atoms with Crippen molar-refractivity contribution in [2.75, 3.05) is 6.54 Å². The van der Waals surface area contributed by atoms with E-state index in [2.05, 4.69) is 11.4 Å². The van der Waals surface area contributed by atoms with Crippen molar-refractivity contribution in [1.82, 2.24) is 5.32 Å². The van der Waals surface area contributed by atoms with Gasteiger partial charge in [0, 0.05) is 6.54 Å². The third-order valence-corrected chi connectivity index (χ3v) is 3.91. The van der Waals surface area contributed by atoms with E-state index in [1.807, 2.05) is 24.3 Å². The molecule has 0 radical (unpaired) electrons. The predicted molar refractivity (Wildman–Crippen MR) is 74.1 cm³/mol. The van der Waals surface area contributed by atoms with Gasteiger partial charge in [0.1, 0.15) is 0 Å². The largest absolute Gasteiger partial charge is 0.313 e. The van der Waals surface area contributed by atoms with E-state index in [0.717, 1.165) is 30.1 Å². The molecule has 0 amide bonds. The molecule has 0 aromatic heterocycles. The Morgan fingerprint density at radius 2 is 1.94 bits per heavy atom. The summed E-state index contributed by atoms with van der Waals surface area (Å²) in [6.45, 7) is 1.89. The molecule has 1 aliphatic rings. The number of hydrogen-bond donors (Lipinski definition) is 1. The minimum Gasteiger partial charge on any atom is -0.313 e. The van der Waals surface area contributed by atoms with Gasteiger partial charge in [-0.3, -0.25) is 0 Å². The van der Waals surface area contributed by atoms with Crippen LogP contribution in [0, 0.1) is 17.2 Å². The molecule has 1 fully saturated rings. The van der Waals surface area contributed by atoms with Crippen molar-refractivity contribution < 1.29 is 0 Å². The van der Waals surface area contributed by atoms with Crippen LogP contribution in [-0.2, 0) is 6.54 Å². The Bertz CT molecular complexity index is 400. The second-order valence-electron chi connectivity index (χ2n) is 5.24. The van der Waals surface area contributed by atoms with Crippen molar-refractivity contribution in [3.8, 4) is 6.07 Å². The number of hydrogen-bond acceptors (Lipinski definition) is 2. The summed E-state index contributed by atoms with van der Waals surface area (Å²) in [6, 6.07) is 10.1. The Morgan fingerprint density at radius 3 is 2.72 bits per heavy atom. The number of rotatable bonds is 5. The molecule has 18 heavy (non-hydrogen) atoms. The highest BCUT2D eigenvalue weighted by atomic mass is 14.8. The first-order valence-electron chi connectivity index (χ1n) is 7.09. The van der Waals surface area contributed by atoms with Gasteiger partial charge in [-0.1, -0.05) is 50.3 Å². The lowest BCUT2D eigenvalue weighted by atomic mass is 9.87. The summed E-state index contributed by atoms with van der Waals surface area (Å²) in [5, 5.41) is 12.5. The Labute approximate surface area is 110 Å². The van der Waals surface area contributed by atoms with Crippen LogP contribution < -0.4 is 5.32 Å². The van der Waals surface area contributed by atoms with E-state index in [4.69, 9.17) is 5.26 Å². The quantitative estimate of drug-likeness (QED) is 0.800. The highest BCUT2D eigenvalue weighted by molar-refractivity contribution is 5.37. The average molecular weight is 242 g/mol. The number of nitrogens with zero attached hydrogens (tertiary/aromatic N) is 1. The molecule has 0 atom stereocenters. The van der Waals surface area contributed by atoms with Crippen LogP contribution >= 0.6 is 0 Å². The van der Waals surface area contributed by atoms with E-state index in [0.29, 0.717) is 0 Å². The second kappa shape index (κ2) is 7.18. The zero-order valence-corrected chi connectivity index (χ0v) is 11.0. The maximum Gasteiger partial charge on any atom is 0.0995 e. The maximum atomic E-state index is 9.00. The molecule has 2 nitrogen and oxygen atoms in total. The van der Waals surface area contributed by atoms with Gasteiger partial charge in [0.05, 0.1) is 11.6 Å². The summed E-state index contributed by atoms with van der Waals surface area (Å²) in [7, 11) is 0. The van der Waals surface area contributed by atoms with Crippen LogP contribution in [0.2, 0.25) is 0 Å². The van der Waals surface area contributed by atoms with Gasteiger partial charge in [0.25, 0.3) is 0 Å². The number of nitriles is 1. The van der Waals surface area contributed by atoms with Crippen molar-refractivity contribution in [3.63, 3.8) is 0 Å². The highest BCUT2D eigenvalue weighted by Gasteiger charge is 2.12. The molecule has 96 valence electrons. The molecular formula is C16H22N2. The van der Waals surface area contributed by atoms with Crippen LogP contribution in [0.25, 0.3) is 0 Å². The third kappa shape index (κ3) is 3.85. The van der Waals surface area contributed by atoms with Gasteiger partial charge in [0.15, 0.2) is 0 Å². The SMILES string of the molecule is N#Cc1ccccc1CNCCC1CCCCC1. The lowest BCUT2D eigenvalue weighted by molar-refractivity contribution is 0.334. The molecular weight excluding hydrogens is 220 g/mol. The maximum absolute atomic E-state index is 9.00. The number of nitrogens with one attached hydrogen (secondary N) is 1. The highest BCUT2D eigenvalue weighted by Crippen LogP contribution is 2.25. The first-order chi connectivity index (χ1) is 8.90. The summed E-state index contributed by atoms with van der Waals surface area (Å²) in [6.07, 6.45) is 8.38. The van der Waals surface area contributed by atoms with Crippen molar-refractivity contribution in [1.29, 1.82) is 5.26 Å². The van der Waals surface area contributed by atoms with E-state index in [1.54, 1.807) is 0 Å². The molecule has 1 aromatic rings. The van der Waals surface area contributed by atoms with Crippen LogP contribution in [0.5, 0.6) is 0 Å². The normalized spacial score (nSPS) is 16.4. The minimum atomic E-state index is 0.794. The minimum absolute atomic E-state index is 0.794. The Hall–Kier alpha value is -1.33. The fourth-order valence-electron chi connectivity index (χ4n) is 2.79. The van der Waals surface area contributed by atoms with Gasteiger partial charge in [-0.25, -0.2) is 0 Å². The van der Waals surface area contributed by atoms with E-state index in [1.165, 1.54) is 38.5 Å². The molecule has 1 aromatic carbocycles. The van der Waals surface area contributed by atoms with Crippen LogP contribution in [0.3, 0.4) is 0 Å². The van der Waals surface area contributed by atoms with Crippen molar-refractivity contribution in [3.05, 3.63) is 35.4 Å². The summed E-state index contributed by atoms with van der Waals surface area (Å²) >= 11 is 0. The first-order valence-corrected chi connectivity index (χ1v) is 7.09. The molecule has 1 N–H and O–H groups in total. The van der Waals surface area contributed by atoms with Crippen molar-refractivity contribution in [2.24, 2.45) is 5.92 Å². The molecule has 0 aliphatic heterocycles. The molecule has 2 rings (SSSR count). The molecule has 0 bridgehead atoms. The molecule has 2 heteroatoms. The van der Waals surface area contributed by atoms with E-state index in [-0.39, 0.29) is 0 Å². The van der Waals surface area contributed by atoms with Crippen LogP contribution in [-0.4, -0.2) is 6.54 Å². The lowest BCUT2D eigenvalue weighted by Gasteiger charge is -2.21. The summed E-state index contributed by atoms with van der Waals surface area (Å²) in [5.41, 5.74) is 1.91. The smallest absolute Gasteiger partial charge is 0.0995 e. The molecule has 0 unspecified atom stereocenters. The molecule has 0 spiro atoms. The molecule has 0 saturated heterocycles. The van der Waals surface area contributed by atoms with Gasteiger partial charge >= 0.3 is 0 Å². The van der Waals surface area contributed by atoms with Gasteiger partial charge in [-0.05, 0) is 30.5 Å². The third-order valence-electron chi connectivity index (χ3n) is 3.91. The van der Waals surface area contributed by atoms with Crippen LogP contribution in [0.4, 0.5) is 0 Å². The van der Waals surface area contributed by atoms with Crippen LogP contribution in [0.15, 0.2) is 24.3 Å². The Morgan fingerprint density at radius 1 is 1.17 bits per heavy atom. The van der Waals surface area contributed by atoms with Gasteiger partial charge in [0.2, 0.25) is 0 Å². The zero-order valence-electron chi connectivity index (χ0n) is 11.0. The summed E-state index contributed by atoms with van der Waals surface area (Å²) in [4.78, 5) is 0. The first kappa shape index (κ1) is 13.1. The molecule has 0 heterocycles.